The third-order valence-electron chi connectivity index (χ3n) is 5.49. The van der Waals surface area contributed by atoms with Crippen LogP contribution < -0.4 is 20.9 Å². The first-order chi connectivity index (χ1) is 15.9. The van der Waals surface area contributed by atoms with Crippen molar-refractivity contribution in [1.29, 1.82) is 0 Å². The van der Waals surface area contributed by atoms with Crippen LogP contribution in [-0.2, 0) is 9.53 Å². The molecule has 1 aromatic heterocycles. The quantitative estimate of drug-likeness (QED) is 0.476. The first kappa shape index (κ1) is 23.0. The van der Waals surface area contributed by atoms with Crippen molar-refractivity contribution >= 4 is 58.1 Å². The number of halogens is 1. The highest BCUT2D eigenvalue weighted by Crippen LogP contribution is 2.28. The molecular weight excluding hydrogens is 465 g/mol. The van der Waals surface area contributed by atoms with Gasteiger partial charge >= 0.3 is 6.09 Å². The molecule has 4 rings (SSSR count). The molecule has 3 heterocycles. The number of thiophene rings is 1. The summed E-state index contributed by atoms with van der Waals surface area (Å²) in [6.07, 6.45) is 2.42. The number of ether oxygens (including phenoxy) is 1. The van der Waals surface area contributed by atoms with Gasteiger partial charge < -0.3 is 25.6 Å². The van der Waals surface area contributed by atoms with E-state index in [1.165, 1.54) is 11.0 Å². The summed E-state index contributed by atoms with van der Waals surface area (Å²) in [7, 11) is 0. The second kappa shape index (κ2) is 10.2. The van der Waals surface area contributed by atoms with Crippen LogP contribution in [0.3, 0.4) is 0 Å². The van der Waals surface area contributed by atoms with Gasteiger partial charge in [-0.15, -0.1) is 11.3 Å². The summed E-state index contributed by atoms with van der Waals surface area (Å²) >= 11 is 6.33. The fourth-order valence-corrected chi connectivity index (χ4v) is 4.49. The van der Waals surface area contributed by atoms with Crippen molar-refractivity contribution in [2.45, 2.75) is 6.10 Å². The predicted molar refractivity (Wildman–Crippen MR) is 131 cm³/mol. The van der Waals surface area contributed by atoms with Gasteiger partial charge in [0.05, 0.1) is 24.5 Å². The second-order valence-electron chi connectivity index (χ2n) is 7.66. The Labute approximate surface area is 200 Å². The van der Waals surface area contributed by atoms with Crippen LogP contribution in [0.25, 0.3) is 6.08 Å². The number of cyclic esters (lactones) is 1. The lowest BCUT2D eigenvalue weighted by Gasteiger charge is -2.36. The van der Waals surface area contributed by atoms with Gasteiger partial charge in [0.25, 0.3) is 0 Å². The Kier molecular flexibility index (Phi) is 7.09. The van der Waals surface area contributed by atoms with Crippen LogP contribution >= 0.6 is 23.6 Å². The van der Waals surface area contributed by atoms with Crippen LogP contribution in [0.15, 0.2) is 41.8 Å². The molecule has 2 saturated heterocycles. The molecule has 0 spiro atoms. The van der Waals surface area contributed by atoms with E-state index in [0.29, 0.717) is 44.1 Å². The molecular formula is C22H24FN5O3S2. The fourth-order valence-electron chi connectivity index (χ4n) is 3.79. The van der Waals surface area contributed by atoms with E-state index in [1.54, 1.807) is 34.4 Å². The van der Waals surface area contributed by atoms with Crippen molar-refractivity contribution in [3.05, 3.63) is 52.5 Å². The Balaban J connectivity index is 1.34. The number of thiocarbonyl (C=S) groups is 1. The number of nitrogens with one attached hydrogen (secondary N) is 1. The number of nitrogens with two attached hydrogens (primary N) is 1. The molecule has 2 aliphatic rings. The van der Waals surface area contributed by atoms with Gasteiger partial charge in [0, 0.05) is 37.1 Å². The lowest BCUT2D eigenvalue weighted by atomic mass is 10.2. The number of hydrogen-bond donors (Lipinski definition) is 2. The molecule has 0 saturated carbocycles. The monoisotopic (exact) mass is 489 g/mol. The van der Waals surface area contributed by atoms with Gasteiger partial charge in [-0.05, 0) is 47.9 Å². The van der Waals surface area contributed by atoms with Crippen LogP contribution in [-0.4, -0.2) is 67.4 Å². The molecule has 0 aliphatic carbocycles. The van der Waals surface area contributed by atoms with E-state index in [9.17, 15) is 14.0 Å². The standard InChI is InChI=1S/C22H24FN5O3S2/c23-18-12-15(28-14-16(31-22(28)30)13-25-21(24)32)3-5-19(18)26-7-9-27(10-8-26)20(29)6-4-17-2-1-11-33-17/h1-6,11-12,16H,7-10,13-14H2,(H3,24,25,32)/b6-4+/t16-/m0/s1. The average molecular weight is 490 g/mol. The van der Waals surface area contributed by atoms with Gasteiger partial charge in [-0.25, -0.2) is 9.18 Å². The zero-order chi connectivity index (χ0) is 23.4. The van der Waals surface area contributed by atoms with E-state index in [-0.39, 0.29) is 17.6 Å². The summed E-state index contributed by atoms with van der Waals surface area (Å²) in [5, 5.41) is 4.85. The molecule has 1 aromatic carbocycles. The number of nitrogens with zero attached hydrogens (tertiary/aromatic N) is 3. The van der Waals surface area contributed by atoms with Crippen LogP contribution in [0.5, 0.6) is 0 Å². The Bertz CT molecular complexity index is 1050. The number of carbonyl (C=O) groups excluding carboxylic acids is 2. The lowest BCUT2D eigenvalue weighted by Crippen LogP contribution is -2.48. The van der Waals surface area contributed by atoms with E-state index in [4.69, 9.17) is 22.7 Å². The van der Waals surface area contributed by atoms with Crippen molar-refractivity contribution in [3.8, 4) is 0 Å². The van der Waals surface area contributed by atoms with E-state index in [1.807, 2.05) is 28.5 Å². The van der Waals surface area contributed by atoms with Crippen LogP contribution in [0.1, 0.15) is 4.88 Å². The lowest BCUT2D eigenvalue weighted by molar-refractivity contribution is -0.126. The summed E-state index contributed by atoms with van der Waals surface area (Å²) in [4.78, 5) is 30.7. The predicted octanol–water partition coefficient (Wildman–Crippen LogP) is 2.41. The highest BCUT2D eigenvalue weighted by Gasteiger charge is 2.33. The average Bonchev–Trinajstić information content (AvgIpc) is 3.45. The largest absolute Gasteiger partial charge is 0.442 e. The number of benzene rings is 1. The first-order valence-electron chi connectivity index (χ1n) is 10.5. The molecule has 2 aromatic rings. The van der Waals surface area contributed by atoms with E-state index in [2.05, 4.69) is 5.32 Å². The smallest absolute Gasteiger partial charge is 0.414 e. The Morgan fingerprint density at radius 1 is 1.30 bits per heavy atom. The minimum atomic E-state index is -0.542. The molecule has 2 aliphatic heterocycles. The fraction of sp³-hybridized carbons (Fsp3) is 0.318. The van der Waals surface area contributed by atoms with Crippen molar-refractivity contribution in [2.75, 3.05) is 49.1 Å². The first-order valence-corrected chi connectivity index (χ1v) is 11.8. The Morgan fingerprint density at radius 2 is 2.09 bits per heavy atom. The molecule has 11 heteroatoms. The van der Waals surface area contributed by atoms with Crippen molar-refractivity contribution in [2.24, 2.45) is 5.73 Å². The second-order valence-corrected chi connectivity index (χ2v) is 9.08. The molecule has 2 amide bonds. The number of rotatable bonds is 6. The van der Waals surface area contributed by atoms with Crippen LogP contribution in [0, 0.1) is 5.82 Å². The molecule has 174 valence electrons. The SMILES string of the molecule is NC(=S)NC[C@H]1CN(c2ccc(N3CCN(C(=O)/C=C/c4cccs4)CC3)c(F)c2)C(=O)O1. The van der Waals surface area contributed by atoms with Crippen molar-refractivity contribution in [1.82, 2.24) is 10.2 Å². The van der Waals surface area contributed by atoms with Crippen LogP contribution in [0.2, 0.25) is 0 Å². The molecule has 1 atom stereocenters. The number of carbonyl (C=O) groups is 2. The summed E-state index contributed by atoms with van der Waals surface area (Å²) in [5.74, 6) is -0.478. The maximum absolute atomic E-state index is 14.9. The molecule has 3 N–H and O–H groups in total. The highest BCUT2D eigenvalue weighted by molar-refractivity contribution is 7.80. The minimum absolute atomic E-state index is 0.0501. The van der Waals surface area contributed by atoms with Crippen molar-refractivity contribution < 1.29 is 18.7 Å². The summed E-state index contributed by atoms with van der Waals surface area (Å²) in [6.45, 7) is 2.62. The highest BCUT2D eigenvalue weighted by atomic mass is 32.1. The normalized spacial score (nSPS) is 18.6. The van der Waals surface area contributed by atoms with Crippen molar-refractivity contribution in [3.63, 3.8) is 0 Å². The van der Waals surface area contributed by atoms with Crippen LogP contribution in [0.4, 0.5) is 20.6 Å². The zero-order valence-electron chi connectivity index (χ0n) is 17.8. The maximum atomic E-state index is 14.9. The van der Waals surface area contributed by atoms with Gasteiger partial charge in [0.1, 0.15) is 11.9 Å². The van der Waals surface area contributed by atoms with Gasteiger partial charge in [0.2, 0.25) is 5.91 Å². The van der Waals surface area contributed by atoms with Gasteiger partial charge in [-0.3, -0.25) is 9.69 Å². The number of hydrogen-bond acceptors (Lipinski definition) is 6. The third kappa shape index (κ3) is 5.60. The summed E-state index contributed by atoms with van der Waals surface area (Å²) in [6, 6.07) is 8.58. The number of piperazine rings is 1. The van der Waals surface area contributed by atoms with E-state index < -0.39 is 18.0 Å². The van der Waals surface area contributed by atoms with E-state index >= 15 is 0 Å². The summed E-state index contributed by atoms with van der Waals surface area (Å²) < 4.78 is 20.2. The van der Waals surface area contributed by atoms with Gasteiger partial charge in [-0.2, -0.15) is 0 Å². The maximum Gasteiger partial charge on any atom is 0.414 e. The Morgan fingerprint density at radius 3 is 2.76 bits per heavy atom. The summed E-state index contributed by atoms with van der Waals surface area (Å²) in [5.41, 5.74) is 6.27. The van der Waals surface area contributed by atoms with E-state index in [0.717, 1.165) is 4.88 Å². The molecule has 0 unspecified atom stereocenters. The number of anilines is 2. The zero-order valence-corrected chi connectivity index (χ0v) is 19.4. The molecule has 0 radical (unpaired) electrons. The van der Waals surface area contributed by atoms with Gasteiger partial charge in [0.15, 0.2) is 5.11 Å². The molecule has 0 bridgehead atoms. The Hall–Kier alpha value is -3.18. The molecule has 2 fully saturated rings. The number of amides is 2. The third-order valence-corrected chi connectivity index (χ3v) is 6.47. The molecule has 33 heavy (non-hydrogen) atoms. The van der Waals surface area contributed by atoms with Gasteiger partial charge in [-0.1, -0.05) is 6.07 Å². The molecule has 8 nitrogen and oxygen atoms in total. The minimum Gasteiger partial charge on any atom is -0.442 e. The topological polar surface area (TPSA) is 91.1 Å².